The second-order valence-corrected chi connectivity index (χ2v) is 8.84. The second-order valence-electron chi connectivity index (χ2n) is 7.34. The van der Waals surface area contributed by atoms with Crippen LogP contribution in [0.25, 0.3) is 10.2 Å². The highest BCUT2D eigenvalue weighted by Crippen LogP contribution is 2.35. The first-order chi connectivity index (χ1) is 14.0. The Morgan fingerprint density at radius 3 is 2.79 bits per heavy atom. The summed E-state index contributed by atoms with van der Waals surface area (Å²) in [5, 5.41) is 4.89. The van der Waals surface area contributed by atoms with E-state index in [0.29, 0.717) is 17.4 Å². The maximum Gasteiger partial charge on any atom is 0.241 e. The number of hydrogen-bond donors (Lipinski definition) is 1. The average molecular weight is 430 g/mol. The Kier molecular flexibility index (Phi) is 6.04. The Hall–Kier alpha value is -2.15. The largest absolute Gasteiger partial charge is 0.495 e. The number of nitrogens with one attached hydrogen (secondary N) is 1. The van der Waals surface area contributed by atoms with Crippen LogP contribution in [-0.2, 0) is 4.79 Å². The second kappa shape index (κ2) is 8.69. The molecule has 29 heavy (non-hydrogen) atoms. The van der Waals surface area contributed by atoms with E-state index in [4.69, 9.17) is 21.3 Å². The van der Waals surface area contributed by atoms with Crippen molar-refractivity contribution in [3.05, 3.63) is 52.5 Å². The van der Waals surface area contributed by atoms with Crippen molar-refractivity contribution in [2.45, 2.75) is 31.7 Å². The summed E-state index contributed by atoms with van der Waals surface area (Å²) in [5.41, 5.74) is 1.68. The number of amides is 1. The molecule has 1 atom stereocenters. The Bertz CT molecular complexity index is 1010. The smallest absolute Gasteiger partial charge is 0.241 e. The molecule has 2 aromatic carbocycles. The lowest BCUT2D eigenvalue weighted by molar-refractivity contribution is -0.121. The van der Waals surface area contributed by atoms with Crippen LogP contribution in [0.5, 0.6) is 5.75 Å². The van der Waals surface area contributed by atoms with E-state index in [2.05, 4.69) is 10.2 Å². The zero-order valence-electron chi connectivity index (χ0n) is 16.5. The van der Waals surface area contributed by atoms with Crippen LogP contribution in [0.1, 0.15) is 30.7 Å². The number of carbonyl (C=O) groups excluding carboxylic acids is 1. The molecular formula is C22H24ClN3O2S. The molecule has 1 unspecified atom stereocenters. The van der Waals surface area contributed by atoms with Gasteiger partial charge in [0.1, 0.15) is 5.75 Å². The van der Waals surface area contributed by atoms with E-state index in [-0.39, 0.29) is 11.9 Å². The number of anilines is 1. The maximum absolute atomic E-state index is 12.7. The number of benzene rings is 2. The summed E-state index contributed by atoms with van der Waals surface area (Å²) < 4.78 is 6.50. The predicted octanol–water partition coefficient (Wildman–Crippen LogP) is 5.16. The van der Waals surface area contributed by atoms with Crippen LogP contribution in [0.15, 0.2) is 42.5 Å². The minimum absolute atomic E-state index is 0.0115. The Labute approximate surface area is 179 Å². The number of ether oxygens (including phenoxy) is 1. The van der Waals surface area contributed by atoms with Crippen LogP contribution in [-0.4, -0.2) is 42.0 Å². The van der Waals surface area contributed by atoms with Crippen molar-refractivity contribution in [2.24, 2.45) is 0 Å². The maximum atomic E-state index is 12.7. The van der Waals surface area contributed by atoms with Crippen LogP contribution in [0.4, 0.5) is 5.69 Å². The third-order valence-corrected chi connectivity index (χ3v) is 6.97. The molecule has 2 heterocycles. The molecule has 5 nitrogen and oxygen atoms in total. The predicted molar refractivity (Wildman–Crippen MR) is 119 cm³/mol. The molecule has 152 valence electrons. The monoisotopic (exact) mass is 429 g/mol. The fourth-order valence-corrected chi connectivity index (χ4v) is 5.06. The molecule has 4 rings (SSSR count). The molecule has 3 aromatic rings. The molecule has 7 heteroatoms. The van der Waals surface area contributed by atoms with Crippen molar-refractivity contribution in [3.63, 3.8) is 0 Å². The number of carbonyl (C=O) groups is 1. The summed E-state index contributed by atoms with van der Waals surface area (Å²) >= 11 is 7.84. The fourth-order valence-electron chi connectivity index (χ4n) is 3.78. The Balaban J connectivity index is 1.37. The summed E-state index contributed by atoms with van der Waals surface area (Å²) in [4.78, 5) is 19.8. The van der Waals surface area contributed by atoms with Crippen LogP contribution >= 0.6 is 22.9 Å². The molecule has 0 spiro atoms. The van der Waals surface area contributed by atoms with Gasteiger partial charge < -0.3 is 10.1 Å². The van der Waals surface area contributed by atoms with Gasteiger partial charge in [-0.15, -0.1) is 11.3 Å². The standard InChI is InChI=1S/C22H24ClN3O2S/c1-14(21(27)24-17-5-3-4-6-19(17)28-2)26-11-9-15(10-12-26)22-25-18-13-16(23)7-8-20(18)29-22/h3-8,13-15H,9-12H2,1-2H3,(H,24,27). The third kappa shape index (κ3) is 4.39. The van der Waals surface area contributed by atoms with Crippen molar-refractivity contribution >= 4 is 44.7 Å². The lowest BCUT2D eigenvalue weighted by Gasteiger charge is -2.34. The first kappa shape index (κ1) is 20.1. The van der Waals surface area contributed by atoms with Crippen molar-refractivity contribution < 1.29 is 9.53 Å². The number of para-hydroxylation sites is 2. The van der Waals surface area contributed by atoms with Crippen LogP contribution < -0.4 is 10.1 Å². The zero-order valence-corrected chi connectivity index (χ0v) is 18.1. The normalized spacial score (nSPS) is 16.7. The van der Waals surface area contributed by atoms with Gasteiger partial charge in [0.05, 0.1) is 34.1 Å². The molecule has 1 amide bonds. The zero-order chi connectivity index (χ0) is 20.4. The Morgan fingerprint density at radius 2 is 2.03 bits per heavy atom. The van der Waals surface area contributed by atoms with Gasteiger partial charge in [0, 0.05) is 10.9 Å². The highest BCUT2D eigenvalue weighted by atomic mass is 35.5. The molecule has 0 radical (unpaired) electrons. The van der Waals surface area contributed by atoms with Crippen molar-refractivity contribution in [2.75, 3.05) is 25.5 Å². The Morgan fingerprint density at radius 1 is 1.28 bits per heavy atom. The van der Waals surface area contributed by atoms with Gasteiger partial charge in [-0.25, -0.2) is 4.98 Å². The SMILES string of the molecule is COc1ccccc1NC(=O)C(C)N1CCC(c2nc3cc(Cl)ccc3s2)CC1. The number of piperidine rings is 1. The summed E-state index contributed by atoms with van der Waals surface area (Å²) in [6.07, 6.45) is 2.00. The number of thiazole rings is 1. The number of halogens is 1. The summed E-state index contributed by atoms with van der Waals surface area (Å²) in [5.74, 6) is 1.09. The molecule has 1 aliphatic rings. The van der Waals surface area contributed by atoms with E-state index in [9.17, 15) is 4.79 Å². The highest BCUT2D eigenvalue weighted by molar-refractivity contribution is 7.18. The van der Waals surface area contributed by atoms with E-state index >= 15 is 0 Å². The van der Waals surface area contributed by atoms with Gasteiger partial charge >= 0.3 is 0 Å². The summed E-state index contributed by atoms with van der Waals surface area (Å²) in [6.45, 7) is 3.72. The molecule has 1 N–H and O–H groups in total. The first-order valence-electron chi connectivity index (χ1n) is 9.79. The number of rotatable bonds is 5. The topological polar surface area (TPSA) is 54.5 Å². The number of hydrogen-bond acceptors (Lipinski definition) is 5. The quantitative estimate of drug-likeness (QED) is 0.608. The van der Waals surface area contributed by atoms with Crippen molar-refractivity contribution in [1.29, 1.82) is 0 Å². The highest BCUT2D eigenvalue weighted by Gasteiger charge is 2.29. The van der Waals surface area contributed by atoms with Gasteiger partial charge in [-0.2, -0.15) is 0 Å². The minimum atomic E-state index is -0.199. The molecule has 1 aromatic heterocycles. The van der Waals surface area contributed by atoms with Crippen molar-refractivity contribution in [1.82, 2.24) is 9.88 Å². The first-order valence-corrected chi connectivity index (χ1v) is 11.0. The number of aromatic nitrogens is 1. The summed E-state index contributed by atoms with van der Waals surface area (Å²) in [6, 6.07) is 13.2. The van der Waals surface area contributed by atoms with Gasteiger partial charge in [0.2, 0.25) is 5.91 Å². The van der Waals surface area contributed by atoms with Gasteiger partial charge in [-0.1, -0.05) is 23.7 Å². The van der Waals surface area contributed by atoms with Gasteiger partial charge in [-0.05, 0) is 63.2 Å². The van der Waals surface area contributed by atoms with E-state index in [1.165, 1.54) is 9.71 Å². The van der Waals surface area contributed by atoms with E-state index in [0.717, 1.165) is 36.5 Å². The van der Waals surface area contributed by atoms with Crippen LogP contribution in [0, 0.1) is 0 Å². The van der Waals surface area contributed by atoms with E-state index in [1.54, 1.807) is 18.4 Å². The minimum Gasteiger partial charge on any atom is -0.495 e. The molecule has 1 saturated heterocycles. The van der Waals surface area contributed by atoms with Crippen LogP contribution in [0.2, 0.25) is 5.02 Å². The van der Waals surface area contributed by atoms with Gasteiger partial charge in [0.25, 0.3) is 0 Å². The number of fused-ring (bicyclic) bond motifs is 1. The molecule has 1 fully saturated rings. The summed E-state index contributed by atoms with van der Waals surface area (Å²) in [7, 11) is 1.61. The molecule has 0 saturated carbocycles. The molecular weight excluding hydrogens is 406 g/mol. The lowest BCUT2D eigenvalue weighted by Crippen LogP contribution is -2.45. The van der Waals surface area contributed by atoms with Gasteiger partial charge in [0.15, 0.2) is 0 Å². The number of likely N-dealkylation sites (tertiary alicyclic amines) is 1. The lowest BCUT2D eigenvalue weighted by atomic mass is 9.96. The fraction of sp³-hybridized carbons (Fsp3) is 0.364. The third-order valence-electron chi connectivity index (χ3n) is 5.54. The van der Waals surface area contributed by atoms with E-state index < -0.39 is 0 Å². The molecule has 0 aliphatic carbocycles. The van der Waals surface area contributed by atoms with Crippen LogP contribution in [0.3, 0.4) is 0 Å². The average Bonchev–Trinajstić information content (AvgIpc) is 3.17. The number of methoxy groups -OCH3 is 1. The molecule has 0 bridgehead atoms. The molecule has 1 aliphatic heterocycles. The number of nitrogens with zero attached hydrogens (tertiary/aromatic N) is 2. The van der Waals surface area contributed by atoms with E-state index in [1.807, 2.05) is 49.4 Å². The van der Waals surface area contributed by atoms with Gasteiger partial charge in [-0.3, -0.25) is 9.69 Å². The van der Waals surface area contributed by atoms with Crippen molar-refractivity contribution in [3.8, 4) is 5.75 Å².